The first-order valence-electron chi connectivity index (χ1n) is 8.87. The van der Waals surface area contributed by atoms with Gasteiger partial charge >= 0.3 is 0 Å². The Morgan fingerprint density at radius 3 is 2.76 bits per heavy atom. The number of nitrogens with zero attached hydrogens (tertiary/aromatic N) is 3. The van der Waals surface area contributed by atoms with Gasteiger partial charge in [-0.15, -0.1) is 21.5 Å². The number of amides is 1. The van der Waals surface area contributed by atoms with Crippen LogP contribution in [0.2, 0.25) is 0 Å². The number of thioether (sulfide) groups is 1. The highest BCUT2D eigenvalue weighted by molar-refractivity contribution is 7.98. The van der Waals surface area contributed by atoms with Crippen molar-refractivity contribution in [1.82, 2.24) is 15.2 Å². The van der Waals surface area contributed by atoms with Crippen molar-refractivity contribution in [3.63, 3.8) is 0 Å². The summed E-state index contributed by atoms with van der Waals surface area (Å²) in [7, 11) is 0. The van der Waals surface area contributed by atoms with E-state index in [1.165, 1.54) is 23.1 Å². The first-order chi connectivity index (χ1) is 14.1. The van der Waals surface area contributed by atoms with Crippen LogP contribution in [0.5, 0.6) is 0 Å². The smallest absolute Gasteiger partial charge is 0.277 e. The molecule has 29 heavy (non-hydrogen) atoms. The molecule has 0 saturated carbocycles. The second kappa shape index (κ2) is 8.62. The Morgan fingerprint density at radius 2 is 2.00 bits per heavy atom. The number of benzene rings is 1. The number of furan rings is 1. The normalized spacial score (nSPS) is 11.0. The SMILES string of the molecule is Cc1ccc(NC(=O)Cc2nc(CSc3nnc(-c4ccoc4C)o3)cs2)cc1. The maximum absolute atomic E-state index is 12.2. The molecule has 0 saturated heterocycles. The fourth-order valence-electron chi connectivity index (χ4n) is 2.60. The van der Waals surface area contributed by atoms with Gasteiger partial charge < -0.3 is 14.2 Å². The molecule has 3 aromatic heterocycles. The van der Waals surface area contributed by atoms with Gasteiger partial charge in [0.05, 0.1) is 23.9 Å². The Kier molecular flexibility index (Phi) is 5.77. The number of aryl methyl sites for hydroxylation is 2. The number of aromatic nitrogens is 3. The lowest BCUT2D eigenvalue weighted by Gasteiger charge is -2.04. The Labute approximate surface area is 175 Å². The zero-order valence-corrected chi connectivity index (χ0v) is 17.5. The maximum Gasteiger partial charge on any atom is 0.277 e. The molecule has 9 heteroatoms. The molecule has 4 rings (SSSR count). The fourth-order valence-corrected chi connectivity index (χ4v) is 4.15. The highest BCUT2D eigenvalue weighted by atomic mass is 32.2. The van der Waals surface area contributed by atoms with Gasteiger partial charge in [-0.25, -0.2) is 4.98 Å². The molecule has 4 aromatic rings. The Balaban J connectivity index is 1.30. The number of carbonyl (C=O) groups excluding carboxylic acids is 1. The van der Waals surface area contributed by atoms with E-state index < -0.39 is 0 Å². The minimum absolute atomic E-state index is 0.0839. The van der Waals surface area contributed by atoms with Crippen LogP contribution in [0.25, 0.3) is 11.5 Å². The summed E-state index contributed by atoms with van der Waals surface area (Å²) >= 11 is 2.87. The predicted molar refractivity (Wildman–Crippen MR) is 112 cm³/mol. The highest BCUT2D eigenvalue weighted by Crippen LogP contribution is 2.28. The number of rotatable bonds is 7. The number of thiazole rings is 1. The summed E-state index contributed by atoms with van der Waals surface area (Å²) in [6.45, 7) is 3.85. The van der Waals surface area contributed by atoms with Crippen LogP contribution in [-0.2, 0) is 17.0 Å². The summed E-state index contributed by atoms with van der Waals surface area (Å²) in [4.78, 5) is 16.7. The summed E-state index contributed by atoms with van der Waals surface area (Å²) in [5.74, 6) is 1.67. The molecule has 0 bridgehead atoms. The van der Waals surface area contributed by atoms with Gasteiger partial charge in [-0.05, 0) is 32.0 Å². The zero-order valence-electron chi connectivity index (χ0n) is 15.8. The van der Waals surface area contributed by atoms with Crippen molar-refractivity contribution >= 4 is 34.7 Å². The number of hydrogen-bond acceptors (Lipinski definition) is 8. The predicted octanol–water partition coefficient (Wildman–Crippen LogP) is 4.88. The third-order valence-corrected chi connectivity index (χ3v) is 5.84. The van der Waals surface area contributed by atoms with Crippen LogP contribution in [-0.4, -0.2) is 21.1 Å². The molecule has 0 fully saturated rings. The van der Waals surface area contributed by atoms with E-state index >= 15 is 0 Å². The van der Waals surface area contributed by atoms with E-state index in [1.54, 1.807) is 12.3 Å². The molecule has 0 aliphatic carbocycles. The maximum atomic E-state index is 12.2. The van der Waals surface area contributed by atoms with Crippen LogP contribution in [0.4, 0.5) is 5.69 Å². The van der Waals surface area contributed by atoms with Crippen molar-refractivity contribution in [2.24, 2.45) is 0 Å². The molecular weight excluding hydrogens is 408 g/mol. The van der Waals surface area contributed by atoms with Crippen molar-refractivity contribution in [3.05, 3.63) is 64.0 Å². The standard InChI is InChI=1S/C20H18N4O3S2/c1-12-3-5-14(6-4-12)21-17(25)9-18-22-15(10-28-18)11-29-20-24-23-19(27-20)16-7-8-26-13(16)2/h3-8,10H,9,11H2,1-2H3,(H,21,25). The minimum Gasteiger partial charge on any atom is -0.469 e. The molecule has 0 atom stereocenters. The number of hydrogen-bond donors (Lipinski definition) is 1. The number of carbonyl (C=O) groups is 1. The highest BCUT2D eigenvalue weighted by Gasteiger charge is 2.14. The first kappa shape index (κ1) is 19.4. The van der Waals surface area contributed by atoms with Crippen molar-refractivity contribution in [1.29, 1.82) is 0 Å². The van der Waals surface area contributed by atoms with Gasteiger partial charge in [0, 0.05) is 16.8 Å². The minimum atomic E-state index is -0.0839. The lowest BCUT2D eigenvalue weighted by molar-refractivity contribution is -0.115. The Bertz CT molecular complexity index is 1110. The van der Waals surface area contributed by atoms with E-state index in [-0.39, 0.29) is 12.3 Å². The largest absolute Gasteiger partial charge is 0.469 e. The van der Waals surface area contributed by atoms with E-state index in [0.717, 1.165) is 33.3 Å². The number of nitrogens with one attached hydrogen (secondary N) is 1. The van der Waals surface area contributed by atoms with Crippen molar-refractivity contribution < 1.29 is 13.6 Å². The van der Waals surface area contributed by atoms with Crippen LogP contribution < -0.4 is 5.32 Å². The van der Waals surface area contributed by atoms with Crippen LogP contribution >= 0.6 is 23.1 Å². The molecule has 1 amide bonds. The van der Waals surface area contributed by atoms with Crippen molar-refractivity contribution in [2.45, 2.75) is 31.2 Å². The third kappa shape index (κ3) is 4.93. The molecule has 1 N–H and O–H groups in total. The van der Waals surface area contributed by atoms with E-state index in [2.05, 4.69) is 20.5 Å². The van der Waals surface area contributed by atoms with Gasteiger partial charge in [0.25, 0.3) is 11.1 Å². The molecule has 0 radical (unpaired) electrons. The van der Waals surface area contributed by atoms with E-state index in [9.17, 15) is 4.79 Å². The van der Waals surface area contributed by atoms with Gasteiger partial charge in [0.1, 0.15) is 10.8 Å². The molecule has 1 aromatic carbocycles. The van der Waals surface area contributed by atoms with E-state index in [4.69, 9.17) is 8.83 Å². The summed E-state index contributed by atoms with van der Waals surface area (Å²) in [5, 5.41) is 14.2. The van der Waals surface area contributed by atoms with Crippen molar-refractivity contribution in [2.75, 3.05) is 5.32 Å². The summed E-state index contributed by atoms with van der Waals surface area (Å²) < 4.78 is 10.9. The van der Waals surface area contributed by atoms with Crippen LogP contribution in [0.1, 0.15) is 22.0 Å². The Morgan fingerprint density at radius 1 is 1.17 bits per heavy atom. The molecule has 0 unspecified atom stereocenters. The molecule has 7 nitrogen and oxygen atoms in total. The van der Waals surface area contributed by atoms with Crippen molar-refractivity contribution in [3.8, 4) is 11.5 Å². The average molecular weight is 427 g/mol. The Hall–Kier alpha value is -2.91. The van der Waals surface area contributed by atoms with Gasteiger partial charge in [-0.2, -0.15) is 0 Å². The van der Waals surface area contributed by atoms with Gasteiger partial charge in [0.2, 0.25) is 5.91 Å². The van der Waals surface area contributed by atoms with E-state index in [0.29, 0.717) is 16.9 Å². The lowest BCUT2D eigenvalue weighted by Crippen LogP contribution is -2.14. The molecule has 148 valence electrons. The molecule has 3 heterocycles. The molecule has 0 spiro atoms. The fraction of sp³-hybridized carbons (Fsp3) is 0.200. The second-order valence-electron chi connectivity index (χ2n) is 6.38. The molecular formula is C20H18N4O3S2. The lowest BCUT2D eigenvalue weighted by atomic mass is 10.2. The summed E-state index contributed by atoms with van der Waals surface area (Å²) in [6, 6.07) is 9.50. The quantitative estimate of drug-likeness (QED) is 0.421. The van der Waals surface area contributed by atoms with Crippen LogP contribution in [0.3, 0.4) is 0 Å². The molecule has 0 aliphatic rings. The van der Waals surface area contributed by atoms with Crippen LogP contribution in [0, 0.1) is 13.8 Å². The second-order valence-corrected chi connectivity index (χ2v) is 8.25. The molecule has 0 aliphatic heterocycles. The third-order valence-electron chi connectivity index (χ3n) is 4.09. The monoisotopic (exact) mass is 426 g/mol. The van der Waals surface area contributed by atoms with Gasteiger partial charge in [-0.1, -0.05) is 29.5 Å². The van der Waals surface area contributed by atoms with Gasteiger partial charge in [-0.3, -0.25) is 4.79 Å². The summed E-state index contributed by atoms with van der Waals surface area (Å²) in [5.41, 5.74) is 3.60. The number of anilines is 1. The first-order valence-corrected chi connectivity index (χ1v) is 10.7. The van der Waals surface area contributed by atoms with Gasteiger partial charge in [0.15, 0.2) is 0 Å². The summed E-state index contributed by atoms with van der Waals surface area (Å²) in [6.07, 6.45) is 1.83. The topological polar surface area (TPSA) is 94.1 Å². The van der Waals surface area contributed by atoms with Crippen LogP contribution in [0.15, 0.2) is 56.0 Å². The average Bonchev–Trinajstić information content (AvgIpc) is 3.43. The zero-order chi connectivity index (χ0) is 20.2. The van der Waals surface area contributed by atoms with E-state index in [1.807, 2.05) is 43.5 Å².